The fourth-order valence-corrected chi connectivity index (χ4v) is 5.15. The zero-order chi connectivity index (χ0) is 18.7. The number of hydrogen-bond acceptors (Lipinski definition) is 4. The van der Waals surface area contributed by atoms with Crippen molar-refractivity contribution in [3.05, 3.63) is 63.0 Å². The number of amides is 2. The molecule has 3 aliphatic heterocycles. The number of rotatable bonds is 2. The van der Waals surface area contributed by atoms with Crippen LogP contribution in [0.15, 0.2) is 57.5 Å². The molecule has 0 spiro atoms. The lowest BCUT2D eigenvalue weighted by molar-refractivity contribution is -0.126. The van der Waals surface area contributed by atoms with Gasteiger partial charge in [-0.15, -0.1) is 0 Å². The van der Waals surface area contributed by atoms with Crippen LogP contribution in [0.4, 0.5) is 5.69 Å². The Balaban J connectivity index is 1.57. The van der Waals surface area contributed by atoms with Gasteiger partial charge in [-0.3, -0.25) is 9.59 Å². The highest BCUT2D eigenvalue weighted by Crippen LogP contribution is 2.49. The van der Waals surface area contributed by atoms with Gasteiger partial charge in [-0.2, -0.15) is 0 Å². The molecule has 0 N–H and O–H groups in total. The van der Waals surface area contributed by atoms with E-state index in [-0.39, 0.29) is 23.8 Å². The van der Waals surface area contributed by atoms with E-state index in [1.807, 2.05) is 48.5 Å². The zero-order valence-corrected chi connectivity index (χ0v) is 17.6. The topological polar surface area (TPSA) is 43.9 Å². The van der Waals surface area contributed by atoms with E-state index >= 15 is 0 Å². The molecule has 3 atom stereocenters. The van der Waals surface area contributed by atoms with Gasteiger partial charge in [0.05, 0.1) is 17.6 Å². The van der Waals surface area contributed by atoms with Gasteiger partial charge in [-0.05, 0) is 48.4 Å². The Morgan fingerprint density at radius 1 is 0.741 bits per heavy atom. The second kappa shape index (κ2) is 6.51. The molecule has 7 heteroatoms. The van der Waals surface area contributed by atoms with Crippen molar-refractivity contribution in [2.24, 2.45) is 5.92 Å². The van der Waals surface area contributed by atoms with Gasteiger partial charge in [0.2, 0.25) is 5.91 Å². The summed E-state index contributed by atoms with van der Waals surface area (Å²) in [6.07, 6.45) is 1.01. The Labute approximate surface area is 174 Å². The van der Waals surface area contributed by atoms with Crippen molar-refractivity contribution in [1.82, 2.24) is 10.0 Å². The SMILES string of the molecule is O=C1[C@H]2[C@@H](C(=O)N1c1ccc(Br)cc1)N1CCCN1[C@H]2c1ccc(Br)cc1. The highest BCUT2D eigenvalue weighted by Gasteiger charge is 2.62. The van der Waals surface area contributed by atoms with Crippen LogP contribution in [0.2, 0.25) is 0 Å². The molecule has 0 unspecified atom stereocenters. The van der Waals surface area contributed by atoms with Gasteiger partial charge in [0, 0.05) is 22.0 Å². The molecular weight excluding hydrogens is 474 g/mol. The Hall–Kier alpha value is -1.54. The Morgan fingerprint density at radius 2 is 1.30 bits per heavy atom. The largest absolute Gasteiger partial charge is 0.274 e. The van der Waals surface area contributed by atoms with Crippen LogP contribution in [0.5, 0.6) is 0 Å². The van der Waals surface area contributed by atoms with E-state index in [0.29, 0.717) is 5.69 Å². The number of benzene rings is 2. The van der Waals surface area contributed by atoms with Gasteiger partial charge < -0.3 is 0 Å². The van der Waals surface area contributed by atoms with Crippen molar-refractivity contribution < 1.29 is 9.59 Å². The predicted octanol–water partition coefficient (Wildman–Crippen LogP) is 3.75. The van der Waals surface area contributed by atoms with Gasteiger partial charge in [-0.1, -0.05) is 44.0 Å². The van der Waals surface area contributed by atoms with Crippen LogP contribution in [0, 0.1) is 5.92 Å². The monoisotopic (exact) mass is 489 g/mol. The van der Waals surface area contributed by atoms with Gasteiger partial charge in [-0.25, -0.2) is 14.9 Å². The first kappa shape index (κ1) is 17.6. The average Bonchev–Trinajstić information content (AvgIpc) is 3.30. The molecule has 0 aliphatic carbocycles. The third kappa shape index (κ3) is 2.63. The predicted molar refractivity (Wildman–Crippen MR) is 109 cm³/mol. The molecule has 2 aromatic rings. The third-order valence-corrected chi connectivity index (χ3v) is 6.76. The number of fused-ring (bicyclic) bond motifs is 3. The molecule has 2 amide bonds. The van der Waals surface area contributed by atoms with E-state index in [9.17, 15) is 9.59 Å². The van der Waals surface area contributed by atoms with Crippen LogP contribution in [0.25, 0.3) is 0 Å². The fraction of sp³-hybridized carbons (Fsp3) is 0.300. The van der Waals surface area contributed by atoms with Crippen molar-refractivity contribution >= 4 is 49.4 Å². The molecule has 0 saturated carbocycles. The lowest BCUT2D eigenvalue weighted by Crippen LogP contribution is -2.44. The van der Waals surface area contributed by atoms with Crippen molar-refractivity contribution in [2.45, 2.75) is 18.5 Å². The summed E-state index contributed by atoms with van der Waals surface area (Å²) in [5.41, 5.74) is 1.72. The first-order valence-corrected chi connectivity index (χ1v) is 10.6. The minimum absolute atomic E-state index is 0.0949. The lowest BCUT2D eigenvalue weighted by Gasteiger charge is -2.29. The number of nitrogens with zero attached hydrogens (tertiary/aromatic N) is 3. The molecule has 5 nitrogen and oxygen atoms in total. The van der Waals surface area contributed by atoms with Crippen LogP contribution >= 0.6 is 31.9 Å². The molecular formula is C20H17Br2N3O2. The molecule has 27 heavy (non-hydrogen) atoms. The first-order valence-electron chi connectivity index (χ1n) is 8.98. The quantitative estimate of drug-likeness (QED) is 0.601. The van der Waals surface area contributed by atoms with Crippen LogP contribution in [-0.2, 0) is 9.59 Å². The van der Waals surface area contributed by atoms with E-state index < -0.39 is 6.04 Å². The van der Waals surface area contributed by atoms with Gasteiger partial charge in [0.15, 0.2) is 0 Å². The highest BCUT2D eigenvalue weighted by atomic mass is 79.9. The summed E-state index contributed by atoms with van der Waals surface area (Å²) in [6, 6.07) is 14.9. The smallest absolute Gasteiger partial charge is 0.253 e. The zero-order valence-electron chi connectivity index (χ0n) is 14.4. The minimum atomic E-state index is -0.405. The summed E-state index contributed by atoms with van der Waals surface area (Å²) >= 11 is 6.89. The van der Waals surface area contributed by atoms with Crippen LogP contribution in [0.3, 0.4) is 0 Å². The normalized spacial score (nSPS) is 28.1. The van der Waals surface area contributed by atoms with Gasteiger partial charge in [0.25, 0.3) is 5.91 Å². The first-order chi connectivity index (χ1) is 13.1. The molecule has 3 heterocycles. The Kier molecular flexibility index (Phi) is 4.23. The van der Waals surface area contributed by atoms with Crippen LogP contribution in [-0.4, -0.2) is 41.0 Å². The number of halogens is 2. The number of anilines is 1. The standard InChI is InChI=1S/C20H17Br2N3O2/c21-13-4-2-12(3-5-13)17-16-18(24-11-1-10-23(17)24)20(27)25(19(16)26)15-8-6-14(22)7-9-15/h2-9,16-18H,1,10-11H2/t16-,17+,18+/m1/s1. The molecule has 0 radical (unpaired) electrons. The lowest BCUT2D eigenvalue weighted by atomic mass is 9.90. The summed E-state index contributed by atoms with van der Waals surface area (Å²) < 4.78 is 1.92. The molecule has 138 valence electrons. The minimum Gasteiger partial charge on any atom is -0.274 e. The molecule has 3 saturated heterocycles. The molecule has 0 bridgehead atoms. The van der Waals surface area contributed by atoms with Crippen LogP contribution in [0.1, 0.15) is 18.0 Å². The van der Waals surface area contributed by atoms with Gasteiger partial charge >= 0.3 is 0 Å². The van der Waals surface area contributed by atoms with E-state index in [1.54, 1.807) is 0 Å². The summed E-state index contributed by atoms with van der Waals surface area (Å²) in [5, 5.41) is 4.35. The van der Waals surface area contributed by atoms with Crippen molar-refractivity contribution in [3.63, 3.8) is 0 Å². The third-order valence-electron chi connectivity index (χ3n) is 5.70. The van der Waals surface area contributed by atoms with E-state index in [1.165, 1.54) is 4.90 Å². The average molecular weight is 491 g/mol. The maximum atomic E-state index is 13.4. The Bertz CT molecular complexity index is 916. The highest BCUT2D eigenvalue weighted by molar-refractivity contribution is 9.10. The van der Waals surface area contributed by atoms with Crippen LogP contribution < -0.4 is 4.90 Å². The Morgan fingerprint density at radius 3 is 1.93 bits per heavy atom. The summed E-state index contributed by atoms with van der Waals surface area (Å²) in [5.74, 6) is -0.587. The number of imide groups is 1. The second-order valence-corrected chi connectivity index (χ2v) is 8.97. The maximum Gasteiger partial charge on any atom is 0.253 e. The molecule has 0 aromatic heterocycles. The summed E-state index contributed by atoms with van der Waals surface area (Å²) in [6.45, 7) is 1.70. The fourth-order valence-electron chi connectivity index (χ4n) is 4.62. The summed E-state index contributed by atoms with van der Waals surface area (Å²) in [4.78, 5) is 28.0. The van der Waals surface area contributed by atoms with E-state index in [4.69, 9.17) is 0 Å². The second-order valence-electron chi connectivity index (χ2n) is 7.14. The number of hydrazine groups is 1. The number of carbonyl (C=O) groups excluding carboxylic acids is 2. The molecule has 3 fully saturated rings. The maximum absolute atomic E-state index is 13.4. The molecule has 3 aliphatic rings. The molecule has 2 aromatic carbocycles. The molecule has 5 rings (SSSR count). The van der Waals surface area contributed by atoms with Crippen molar-refractivity contribution in [3.8, 4) is 0 Å². The van der Waals surface area contributed by atoms with Gasteiger partial charge in [0.1, 0.15) is 6.04 Å². The van der Waals surface area contributed by atoms with Crippen molar-refractivity contribution in [1.29, 1.82) is 0 Å². The van der Waals surface area contributed by atoms with E-state index in [0.717, 1.165) is 34.0 Å². The van der Waals surface area contributed by atoms with E-state index in [2.05, 4.69) is 41.9 Å². The number of hydrogen-bond donors (Lipinski definition) is 0. The number of carbonyl (C=O) groups is 2. The van der Waals surface area contributed by atoms with Crippen molar-refractivity contribution in [2.75, 3.05) is 18.0 Å². The summed E-state index contributed by atoms with van der Waals surface area (Å²) in [7, 11) is 0.